The van der Waals surface area contributed by atoms with Crippen LogP contribution in [-0.4, -0.2) is 11.0 Å². The molecule has 2 N–H and O–H groups in total. The molecule has 0 spiro atoms. The largest absolute Gasteiger partial charge is 0.351 e. The molecule has 0 aliphatic heterocycles. The number of thiocarbonyl (C=S) groups is 1. The molecular formula is C21H24N2OS. The Labute approximate surface area is 154 Å². The Kier molecular flexibility index (Phi) is 6.18. The van der Waals surface area contributed by atoms with Crippen LogP contribution in [0.25, 0.3) is 0 Å². The molecule has 0 heterocycles. The second-order valence-electron chi connectivity index (χ2n) is 6.55. The third-order valence-corrected chi connectivity index (χ3v) is 4.97. The van der Waals surface area contributed by atoms with Crippen molar-refractivity contribution in [2.24, 2.45) is 5.92 Å². The van der Waals surface area contributed by atoms with Gasteiger partial charge in [-0.3, -0.25) is 4.79 Å². The molecule has 0 saturated heterocycles. The Morgan fingerprint density at radius 2 is 1.40 bits per heavy atom. The Hall–Kier alpha value is -2.20. The van der Waals surface area contributed by atoms with E-state index in [4.69, 9.17) is 12.2 Å². The number of hydrogen-bond acceptors (Lipinski definition) is 2. The molecule has 1 aliphatic rings. The fraction of sp³-hybridized carbons (Fsp3) is 0.333. The second-order valence-corrected chi connectivity index (χ2v) is 6.96. The lowest BCUT2D eigenvalue weighted by Gasteiger charge is -2.24. The predicted molar refractivity (Wildman–Crippen MR) is 105 cm³/mol. The molecule has 2 aromatic carbocycles. The highest BCUT2D eigenvalue weighted by Crippen LogP contribution is 2.24. The number of rotatable bonds is 4. The SMILES string of the molecule is O=C(NC(=S)NC(c1ccccc1)c1ccccc1)C1CCCCC1. The van der Waals surface area contributed by atoms with E-state index in [9.17, 15) is 4.79 Å². The fourth-order valence-electron chi connectivity index (χ4n) is 3.40. The fourth-order valence-corrected chi connectivity index (χ4v) is 3.61. The van der Waals surface area contributed by atoms with Crippen LogP contribution >= 0.6 is 12.2 Å². The summed E-state index contributed by atoms with van der Waals surface area (Å²) in [6, 6.07) is 20.2. The van der Waals surface area contributed by atoms with Crippen LogP contribution in [0.1, 0.15) is 49.3 Å². The molecule has 4 heteroatoms. The summed E-state index contributed by atoms with van der Waals surface area (Å²) in [4.78, 5) is 12.4. The molecule has 0 bridgehead atoms. The third kappa shape index (κ3) is 4.89. The van der Waals surface area contributed by atoms with Crippen molar-refractivity contribution < 1.29 is 4.79 Å². The number of carbonyl (C=O) groups excluding carboxylic acids is 1. The van der Waals surface area contributed by atoms with Gasteiger partial charge in [-0.25, -0.2) is 0 Å². The zero-order valence-electron chi connectivity index (χ0n) is 14.3. The van der Waals surface area contributed by atoms with Crippen molar-refractivity contribution in [3.63, 3.8) is 0 Å². The standard InChI is InChI=1S/C21H24N2OS/c24-20(18-14-8-3-9-15-18)23-21(25)22-19(16-10-4-1-5-11-16)17-12-6-2-7-13-17/h1-2,4-7,10-13,18-19H,3,8-9,14-15H2,(H2,22,23,24,25). The maximum Gasteiger partial charge on any atom is 0.229 e. The van der Waals surface area contributed by atoms with Gasteiger partial charge in [-0.1, -0.05) is 79.9 Å². The van der Waals surface area contributed by atoms with E-state index in [2.05, 4.69) is 34.9 Å². The number of amides is 1. The summed E-state index contributed by atoms with van der Waals surface area (Å²) >= 11 is 5.43. The predicted octanol–water partition coefficient (Wildman–Crippen LogP) is 4.35. The first-order valence-corrected chi connectivity index (χ1v) is 9.36. The zero-order valence-corrected chi connectivity index (χ0v) is 15.1. The maximum atomic E-state index is 12.4. The van der Waals surface area contributed by atoms with E-state index in [1.807, 2.05) is 36.4 Å². The van der Waals surface area contributed by atoms with Gasteiger partial charge in [0, 0.05) is 5.92 Å². The van der Waals surface area contributed by atoms with E-state index < -0.39 is 0 Å². The van der Waals surface area contributed by atoms with Crippen LogP contribution in [0.3, 0.4) is 0 Å². The minimum atomic E-state index is -0.0819. The zero-order chi connectivity index (χ0) is 17.5. The van der Waals surface area contributed by atoms with E-state index in [1.165, 1.54) is 6.42 Å². The third-order valence-electron chi connectivity index (χ3n) is 4.75. The first-order chi connectivity index (χ1) is 12.2. The topological polar surface area (TPSA) is 41.1 Å². The van der Waals surface area contributed by atoms with Gasteiger partial charge in [-0.05, 0) is 36.2 Å². The van der Waals surface area contributed by atoms with Crippen molar-refractivity contribution in [1.82, 2.24) is 10.6 Å². The normalized spacial score (nSPS) is 14.9. The van der Waals surface area contributed by atoms with Crippen LogP contribution in [0.2, 0.25) is 0 Å². The van der Waals surface area contributed by atoms with Gasteiger partial charge in [-0.2, -0.15) is 0 Å². The van der Waals surface area contributed by atoms with E-state index in [0.717, 1.165) is 36.8 Å². The average Bonchev–Trinajstić information content (AvgIpc) is 2.68. The van der Waals surface area contributed by atoms with Gasteiger partial charge >= 0.3 is 0 Å². The first kappa shape index (κ1) is 17.6. The van der Waals surface area contributed by atoms with E-state index >= 15 is 0 Å². The molecule has 1 saturated carbocycles. The Bertz CT molecular complexity index is 657. The molecule has 0 unspecified atom stereocenters. The lowest BCUT2D eigenvalue weighted by molar-refractivity contribution is -0.124. The molecule has 0 atom stereocenters. The van der Waals surface area contributed by atoms with Gasteiger partial charge in [0.25, 0.3) is 0 Å². The van der Waals surface area contributed by atoms with Crippen LogP contribution in [0.5, 0.6) is 0 Å². The maximum absolute atomic E-state index is 12.4. The number of nitrogens with one attached hydrogen (secondary N) is 2. The monoisotopic (exact) mass is 352 g/mol. The van der Waals surface area contributed by atoms with Crippen LogP contribution < -0.4 is 10.6 Å². The summed E-state index contributed by atoms with van der Waals surface area (Å²) in [5.41, 5.74) is 2.23. The van der Waals surface area contributed by atoms with Gasteiger partial charge < -0.3 is 10.6 Å². The highest BCUT2D eigenvalue weighted by Gasteiger charge is 2.23. The van der Waals surface area contributed by atoms with Crippen LogP contribution in [-0.2, 0) is 4.79 Å². The molecule has 0 radical (unpaired) electrons. The lowest BCUT2D eigenvalue weighted by Crippen LogP contribution is -2.44. The summed E-state index contributed by atoms with van der Waals surface area (Å²) in [5, 5.41) is 6.62. The average molecular weight is 353 g/mol. The smallest absolute Gasteiger partial charge is 0.229 e. The molecule has 3 rings (SSSR count). The summed E-state index contributed by atoms with van der Waals surface area (Å²) in [6.07, 6.45) is 5.44. The molecule has 3 nitrogen and oxygen atoms in total. The van der Waals surface area contributed by atoms with Crippen molar-refractivity contribution in [3.8, 4) is 0 Å². The molecule has 2 aromatic rings. The summed E-state index contributed by atoms with van der Waals surface area (Å²) < 4.78 is 0. The van der Waals surface area contributed by atoms with Crippen molar-refractivity contribution in [1.29, 1.82) is 0 Å². The van der Waals surface area contributed by atoms with E-state index in [0.29, 0.717) is 5.11 Å². The molecular weight excluding hydrogens is 328 g/mol. The second kappa shape index (κ2) is 8.77. The first-order valence-electron chi connectivity index (χ1n) is 8.95. The Morgan fingerprint density at radius 1 is 0.880 bits per heavy atom. The number of carbonyl (C=O) groups is 1. The van der Waals surface area contributed by atoms with Crippen molar-refractivity contribution in [2.75, 3.05) is 0 Å². The molecule has 1 aliphatic carbocycles. The summed E-state index contributed by atoms with van der Waals surface area (Å²) in [5.74, 6) is 0.150. The van der Waals surface area contributed by atoms with Crippen molar-refractivity contribution in [3.05, 3.63) is 71.8 Å². The summed E-state index contributed by atoms with van der Waals surface area (Å²) in [7, 11) is 0. The van der Waals surface area contributed by atoms with Gasteiger partial charge in [0.1, 0.15) is 0 Å². The molecule has 25 heavy (non-hydrogen) atoms. The molecule has 1 amide bonds. The minimum absolute atomic E-state index is 0.0528. The van der Waals surface area contributed by atoms with E-state index in [1.54, 1.807) is 0 Å². The van der Waals surface area contributed by atoms with Crippen molar-refractivity contribution in [2.45, 2.75) is 38.1 Å². The van der Waals surface area contributed by atoms with Crippen LogP contribution in [0, 0.1) is 5.92 Å². The van der Waals surface area contributed by atoms with Crippen LogP contribution in [0.15, 0.2) is 60.7 Å². The lowest BCUT2D eigenvalue weighted by atomic mass is 9.89. The molecule has 1 fully saturated rings. The minimum Gasteiger partial charge on any atom is -0.351 e. The van der Waals surface area contributed by atoms with Gasteiger partial charge in [0.15, 0.2) is 5.11 Å². The molecule has 130 valence electrons. The summed E-state index contributed by atoms with van der Waals surface area (Å²) in [6.45, 7) is 0. The number of hydrogen-bond donors (Lipinski definition) is 2. The highest BCUT2D eigenvalue weighted by atomic mass is 32.1. The Morgan fingerprint density at radius 3 is 1.92 bits per heavy atom. The number of benzene rings is 2. The van der Waals surface area contributed by atoms with Gasteiger partial charge in [0.05, 0.1) is 6.04 Å². The van der Waals surface area contributed by atoms with E-state index in [-0.39, 0.29) is 17.9 Å². The quantitative estimate of drug-likeness (QED) is 0.804. The van der Waals surface area contributed by atoms with Crippen molar-refractivity contribution >= 4 is 23.2 Å². The van der Waals surface area contributed by atoms with Gasteiger partial charge in [0.2, 0.25) is 5.91 Å². The Balaban J connectivity index is 1.69. The molecule has 0 aromatic heterocycles. The van der Waals surface area contributed by atoms with Crippen LogP contribution in [0.4, 0.5) is 0 Å². The highest BCUT2D eigenvalue weighted by molar-refractivity contribution is 7.80. The van der Waals surface area contributed by atoms with Gasteiger partial charge in [-0.15, -0.1) is 0 Å².